The van der Waals surface area contributed by atoms with Gasteiger partial charge in [-0.05, 0) is 43.2 Å². The third-order valence-electron chi connectivity index (χ3n) is 3.14. The van der Waals surface area contributed by atoms with Gasteiger partial charge in [-0.2, -0.15) is 0 Å². The maximum absolute atomic E-state index is 12.8. The first kappa shape index (κ1) is 16.8. The zero-order valence-electron chi connectivity index (χ0n) is 13.0. The third-order valence-corrected chi connectivity index (χ3v) is 3.14. The molecule has 1 N–H and O–H groups in total. The summed E-state index contributed by atoms with van der Waals surface area (Å²) in [4.78, 5) is 11.7. The topological polar surface area (TPSA) is 47.6 Å². The van der Waals surface area contributed by atoms with Crippen LogP contribution in [0.4, 0.5) is 4.39 Å². The number of benzene rings is 2. The zero-order valence-corrected chi connectivity index (χ0v) is 13.0. The van der Waals surface area contributed by atoms with E-state index in [0.717, 1.165) is 5.56 Å². The second kappa shape index (κ2) is 8.78. The fourth-order valence-electron chi connectivity index (χ4n) is 2.02. The molecule has 0 bridgehead atoms. The fourth-order valence-corrected chi connectivity index (χ4v) is 2.02. The molecule has 4 nitrogen and oxygen atoms in total. The van der Waals surface area contributed by atoms with Gasteiger partial charge in [-0.1, -0.05) is 18.2 Å². The van der Waals surface area contributed by atoms with Gasteiger partial charge in [-0.25, -0.2) is 4.39 Å². The van der Waals surface area contributed by atoms with Crippen LogP contribution in [0.15, 0.2) is 48.5 Å². The highest BCUT2D eigenvalue weighted by Crippen LogP contribution is 2.19. The van der Waals surface area contributed by atoms with Crippen LogP contribution in [0.2, 0.25) is 0 Å². The molecule has 0 aliphatic rings. The first-order chi connectivity index (χ1) is 11.2. The Kier molecular flexibility index (Phi) is 6.41. The lowest BCUT2D eigenvalue weighted by Gasteiger charge is -2.09. The largest absolute Gasteiger partial charge is 0.494 e. The minimum Gasteiger partial charge on any atom is -0.494 e. The Bertz CT molecular complexity index is 628. The highest BCUT2D eigenvalue weighted by atomic mass is 19.1. The van der Waals surface area contributed by atoms with Crippen molar-refractivity contribution in [3.05, 3.63) is 59.9 Å². The average molecular weight is 317 g/mol. The van der Waals surface area contributed by atoms with Gasteiger partial charge in [-0.3, -0.25) is 4.79 Å². The van der Waals surface area contributed by atoms with E-state index in [1.54, 1.807) is 24.3 Å². The molecule has 2 aromatic rings. The zero-order chi connectivity index (χ0) is 16.5. The smallest absolute Gasteiger partial charge is 0.257 e. The Morgan fingerprint density at radius 3 is 2.48 bits per heavy atom. The molecule has 0 aliphatic carbocycles. The van der Waals surface area contributed by atoms with Gasteiger partial charge in [0.25, 0.3) is 5.91 Å². The van der Waals surface area contributed by atoms with Crippen LogP contribution in [-0.4, -0.2) is 25.7 Å². The van der Waals surface area contributed by atoms with Gasteiger partial charge < -0.3 is 14.8 Å². The van der Waals surface area contributed by atoms with E-state index in [1.165, 1.54) is 12.1 Å². The first-order valence-electron chi connectivity index (χ1n) is 7.54. The normalized spacial score (nSPS) is 10.2. The molecule has 2 aromatic carbocycles. The fraction of sp³-hybridized carbons (Fsp3) is 0.278. The molecule has 5 heteroatoms. The van der Waals surface area contributed by atoms with Crippen LogP contribution in [-0.2, 0) is 11.2 Å². The van der Waals surface area contributed by atoms with Gasteiger partial charge in [0.05, 0.1) is 6.61 Å². The Morgan fingerprint density at radius 1 is 1.09 bits per heavy atom. The number of carbonyl (C=O) groups excluding carboxylic acids is 1. The van der Waals surface area contributed by atoms with Crippen molar-refractivity contribution < 1.29 is 18.7 Å². The standard InChI is InChI=1S/C18H20FNO3/c1-2-22-16-4-3-5-17(12-16)23-13-18(21)20-11-10-14-6-8-15(19)9-7-14/h3-9,12H,2,10-11,13H2,1H3,(H,20,21). The summed E-state index contributed by atoms with van der Waals surface area (Å²) < 4.78 is 23.6. The van der Waals surface area contributed by atoms with Crippen molar-refractivity contribution in [3.8, 4) is 11.5 Å². The van der Waals surface area contributed by atoms with Gasteiger partial charge in [0.15, 0.2) is 6.61 Å². The van der Waals surface area contributed by atoms with Crippen LogP contribution in [0, 0.1) is 5.82 Å². The van der Waals surface area contributed by atoms with Gasteiger partial charge in [-0.15, -0.1) is 0 Å². The van der Waals surface area contributed by atoms with Crippen molar-refractivity contribution in [2.24, 2.45) is 0 Å². The number of rotatable bonds is 8. The van der Waals surface area contributed by atoms with Gasteiger partial charge >= 0.3 is 0 Å². The van der Waals surface area contributed by atoms with E-state index in [-0.39, 0.29) is 18.3 Å². The molecular weight excluding hydrogens is 297 g/mol. The van der Waals surface area contributed by atoms with Crippen LogP contribution in [0.5, 0.6) is 11.5 Å². The third kappa shape index (κ3) is 5.98. The number of nitrogens with one attached hydrogen (secondary N) is 1. The van der Waals surface area contributed by atoms with Gasteiger partial charge in [0, 0.05) is 12.6 Å². The summed E-state index contributed by atoms with van der Waals surface area (Å²) in [6.07, 6.45) is 0.645. The predicted octanol–water partition coefficient (Wildman–Crippen LogP) is 2.96. The van der Waals surface area contributed by atoms with Crippen LogP contribution in [0.25, 0.3) is 0 Å². The van der Waals surface area contributed by atoms with Crippen LogP contribution < -0.4 is 14.8 Å². The molecule has 0 unspecified atom stereocenters. The molecule has 0 spiro atoms. The molecule has 1 amide bonds. The molecular formula is C18H20FNO3. The number of hydrogen-bond acceptors (Lipinski definition) is 3. The second-order valence-corrected chi connectivity index (χ2v) is 4.92. The van der Waals surface area contributed by atoms with Gasteiger partial charge in [0.1, 0.15) is 17.3 Å². The first-order valence-corrected chi connectivity index (χ1v) is 7.54. The number of hydrogen-bond donors (Lipinski definition) is 1. The molecule has 0 heterocycles. The molecule has 0 fully saturated rings. The van der Waals surface area contributed by atoms with Gasteiger partial charge in [0.2, 0.25) is 0 Å². The Hall–Kier alpha value is -2.56. The number of halogens is 1. The minimum atomic E-state index is -0.263. The lowest BCUT2D eigenvalue weighted by molar-refractivity contribution is -0.123. The quantitative estimate of drug-likeness (QED) is 0.814. The van der Waals surface area contributed by atoms with Crippen molar-refractivity contribution in [2.75, 3.05) is 19.8 Å². The second-order valence-electron chi connectivity index (χ2n) is 4.92. The molecule has 0 aromatic heterocycles. The molecule has 122 valence electrons. The molecule has 0 saturated carbocycles. The van der Waals surface area contributed by atoms with Crippen molar-refractivity contribution in [3.63, 3.8) is 0 Å². The summed E-state index contributed by atoms with van der Waals surface area (Å²) in [5.74, 6) is 0.834. The molecule has 0 atom stereocenters. The maximum atomic E-state index is 12.8. The van der Waals surface area contributed by atoms with E-state index in [9.17, 15) is 9.18 Å². The van der Waals surface area contributed by atoms with Crippen molar-refractivity contribution in [2.45, 2.75) is 13.3 Å². The monoisotopic (exact) mass is 317 g/mol. The lowest BCUT2D eigenvalue weighted by Crippen LogP contribution is -2.30. The number of amides is 1. The molecule has 2 rings (SSSR count). The SMILES string of the molecule is CCOc1cccc(OCC(=O)NCCc2ccc(F)cc2)c1. The molecule has 0 saturated heterocycles. The highest BCUT2D eigenvalue weighted by Gasteiger charge is 2.04. The summed E-state index contributed by atoms with van der Waals surface area (Å²) in [6, 6.07) is 13.4. The van der Waals surface area contributed by atoms with E-state index in [4.69, 9.17) is 9.47 Å². The van der Waals surface area contributed by atoms with E-state index in [2.05, 4.69) is 5.32 Å². The van der Waals surface area contributed by atoms with Crippen LogP contribution in [0.3, 0.4) is 0 Å². The predicted molar refractivity (Wildman–Crippen MR) is 86.2 cm³/mol. The maximum Gasteiger partial charge on any atom is 0.257 e. The summed E-state index contributed by atoms with van der Waals surface area (Å²) in [7, 11) is 0. The molecule has 0 aliphatic heterocycles. The van der Waals surface area contributed by atoms with E-state index in [1.807, 2.05) is 19.1 Å². The highest BCUT2D eigenvalue weighted by molar-refractivity contribution is 5.77. The molecule has 0 radical (unpaired) electrons. The van der Waals surface area contributed by atoms with E-state index < -0.39 is 0 Å². The number of carbonyl (C=O) groups is 1. The Morgan fingerprint density at radius 2 is 1.78 bits per heavy atom. The summed E-state index contributed by atoms with van der Waals surface area (Å²) in [6.45, 7) is 2.90. The molecule has 23 heavy (non-hydrogen) atoms. The Labute approximate surface area is 135 Å². The van der Waals surface area contributed by atoms with Crippen LogP contribution >= 0.6 is 0 Å². The van der Waals surface area contributed by atoms with E-state index >= 15 is 0 Å². The Balaban J connectivity index is 1.70. The van der Waals surface area contributed by atoms with Crippen molar-refractivity contribution in [1.29, 1.82) is 0 Å². The summed E-state index contributed by atoms with van der Waals surface area (Å²) in [5, 5.41) is 2.77. The summed E-state index contributed by atoms with van der Waals surface area (Å²) in [5.41, 5.74) is 0.969. The number of ether oxygens (including phenoxy) is 2. The lowest BCUT2D eigenvalue weighted by atomic mass is 10.1. The van der Waals surface area contributed by atoms with Crippen molar-refractivity contribution >= 4 is 5.91 Å². The minimum absolute atomic E-state index is 0.0566. The average Bonchev–Trinajstić information content (AvgIpc) is 2.55. The van der Waals surface area contributed by atoms with Crippen molar-refractivity contribution in [1.82, 2.24) is 5.32 Å². The van der Waals surface area contributed by atoms with E-state index in [0.29, 0.717) is 31.1 Å². The summed E-state index contributed by atoms with van der Waals surface area (Å²) >= 11 is 0. The van der Waals surface area contributed by atoms with Crippen LogP contribution in [0.1, 0.15) is 12.5 Å².